The van der Waals surface area contributed by atoms with Gasteiger partial charge in [-0.2, -0.15) is 0 Å². The van der Waals surface area contributed by atoms with Gasteiger partial charge >= 0.3 is 0 Å². The van der Waals surface area contributed by atoms with Crippen LogP contribution in [0.5, 0.6) is 0 Å². The predicted molar refractivity (Wildman–Crippen MR) is 70.8 cm³/mol. The molecular weight excluding hydrogens is 198 g/mol. The van der Waals surface area contributed by atoms with Gasteiger partial charge in [0.25, 0.3) is 0 Å². The molecule has 1 fully saturated rings. The van der Waals surface area contributed by atoms with Crippen LogP contribution in [-0.2, 0) is 0 Å². The van der Waals surface area contributed by atoms with Gasteiger partial charge in [-0.15, -0.1) is 0 Å². The van der Waals surface area contributed by atoms with Gasteiger partial charge in [-0.25, -0.2) is 0 Å². The molecule has 1 N–H and O–H groups in total. The molecule has 0 aromatic rings. The lowest BCUT2D eigenvalue weighted by atomic mass is 9.91. The fourth-order valence-electron chi connectivity index (χ4n) is 2.80. The molecule has 16 heavy (non-hydrogen) atoms. The van der Waals surface area contributed by atoms with Gasteiger partial charge in [0.1, 0.15) is 0 Å². The molecule has 3 heteroatoms. The van der Waals surface area contributed by atoms with Crippen molar-refractivity contribution in [3.8, 4) is 0 Å². The molecule has 3 nitrogen and oxygen atoms in total. The SMILES string of the molecule is CCC(C)C(NC)C1CN(C)CCCN1C. The summed E-state index contributed by atoms with van der Waals surface area (Å²) in [5.41, 5.74) is 0. The zero-order chi connectivity index (χ0) is 12.1. The second kappa shape index (κ2) is 6.58. The summed E-state index contributed by atoms with van der Waals surface area (Å²) in [6.45, 7) is 8.29. The Hall–Kier alpha value is -0.120. The van der Waals surface area contributed by atoms with E-state index in [0.717, 1.165) is 5.92 Å². The van der Waals surface area contributed by atoms with Crippen molar-refractivity contribution in [2.45, 2.75) is 38.8 Å². The normalized spacial score (nSPS) is 28.7. The van der Waals surface area contributed by atoms with Crippen LogP contribution in [0.1, 0.15) is 26.7 Å². The minimum absolute atomic E-state index is 0.607. The zero-order valence-electron chi connectivity index (χ0n) is 11.7. The molecule has 0 aromatic carbocycles. The molecule has 0 amide bonds. The van der Waals surface area contributed by atoms with Crippen LogP contribution in [-0.4, -0.2) is 62.7 Å². The van der Waals surface area contributed by atoms with Crippen molar-refractivity contribution in [3.05, 3.63) is 0 Å². The Kier molecular flexibility index (Phi) is 5.73. The van der Waals surface area contributed by atoms with Gasteiger partial charge in [0.2, 0.25) is 0 Å². The third kappa shape index (κ3) is 3.44. The molecule has 1 heterocycles. The molecule has 1 aliphatic heterocycles. The van der Waals surface area contributed by atoms with E-state index in [4.69, 9.17) is 0 Å². The summed E-state index contributed by atoms with van der Waals surface area (Å²) in [5, 5.41) is 3.53. The molecule has 0 radical (unpaired) electrons. The Balaban J connectivity index is 2.71. The number of nitrogens with one attached hydrogen (secondary N) is 1. The van der Waals surface area contributed by atoms with E-state index in [0.29, 0.717) is 12.1 Å². The van der Waals surface area contributed by atoms with E-state index >= 15 is 0 Å². The van der Waals surface area contributed by atoms with E-state index in [2.05, 4.69) is 50.1 Å². The summed E-state index contributed by atoms with van der Waals surface area (Å²) in [6, 6.07) is 1.25. The average molecular weight is 227 g/mol. The van der Waals surface area contributed by atoms with Crippen molar-refractivity contribution >= 4 is 0 Å². The highest BCUT2D eigenvalue weighted by atomic mass is 15.2. The number of nitrogens with zero attached hydrogens (tertiary/aromatic N) is 2. The fourth-order valence-corrected chi connectivity index (χ4v) is 2.80. The molecule has 0 aliphatic carbocycles. The minimum atomic E-state index is 0.607. The highest BCUT2D eigenvalue weighted by molar-refractivity contribution is 4.89. The molecule has 1 saturated heterocycles. The summed E-state index contributed by atoms with van der Waals surface area (Å²) in [4.78, 5) is 5.01. The number of likely N-dealkylation sites (N-methyl/N-ethyl adjacent to an activating group) is 3. The number of rotatable bonds is 4. The fraction of sp³-hybridized carbons (Fsp3) is 1.00. The van der Waals surface area contributed by atoms with Gasteiger partial charge in [-0.05, 0) is 46.6 Å². The maximum Gasteiger partial charge on any atom is 0.0375 e. The Labute approximate surface area is 101 Å². The standard InChI is InChI=1S/C13H29N3/c1-6-11(2)13(14-3)12-10-15(4)8-7-9-16(12)5/h11-14H,6-10H2,1-5H3. The summed E-state index contributed by atoms with van der Waals surface area (Å²) >= 11 is 0. The van der Waals surface area contributed by atoms with E-state index in [9.17, 15) is 0 Å². The monoisotopic (exact) mass is 227 g/mol. The second-order valence-corrected chi connectivity index (χ2v) is 5.36. The maximum atomic E-state index is 3.53. The van der Waals surface area contributed by atoms with Crippen molar-refractivity contribution in [1.82, 2.24) is 15.1 Å². The lowest BCUT2D eigenvalue weighted by molar-refractivity contribution is 0.151. The van der Waals surface area contributed by atoms with E-state index < -0.39 is 0 Å². The van der Waals surface area contributed by atoms with Crippen molar-refractivity contribution in [2.75, 3.05) is 40.8 Å². The largest absolute Gasteiger partial charge is 0.315 e. The van der Waals surface area contributed by atoms with Crippen LogP contribution < -0.4 is 5.32 Å². The number of hydrogen-bond acceptors (Lipinski definition) is 3. The summed E-state index contributed by atoms with van der Waals surface area (Å²) in [7, 11) is 6.63. The summed E-state index contributed by atoms with van der Waals surface area (Å²) < 4.78 is 0. The third-order valence-electron chi connectivity index (χ3n) is 4.12. The molecular formula is C13H29N3. The van der Waals surface area contributed by atoms with E-state index in [1.165, 1.54) is 32.5 Å². The van der Waals surface area contributed by atoms with Gasteiger partial charge in [-0.1, -0.05) is 20.3 Å². The van der Waals surface area contributed by atoms with Crippen LogP contribution in [0, 0.1) is 5.92 Å². The summed E-state index contributed by atoms with van der Waals surface area (Å²) in [5.74, 6) is 0.740. The highest BCUT2D eigenvalue weighted by Gasteiger charge is 2.30. The van der Waals surface area contributed by atoms with Gasteiger partial charge in [-0.3, -0.25) is 0 Å². The first-order valence-electron chi connectivity index (χ1n) is 6.66. The van der Waals surface area contributed by atoms with Crippen LogP contribution in [0.25, 0.3) is 0 Å². The maximum absolute atomic E-state index is 3.53. The molecule has 96 valence electrons. The second-order valence-electron chi connectivity index (χ2n) is 5.36. The molecule has 3 atom stereocenters. The lowest BCUT2D eigenvalue weighted by Gasteiger charge is -2.37. The smallest absolute Gasteiger partial charge is 0.0375 e. The highest BCUT2D eigenvalue weighted by Crippen LogP contribution is 2.18. The van der Waals surface area contributed by atoms with E-state index in [1.807, 2.05) is 0 Å². The third-order valence-corrected chi connectivity index (χ3v) is 4.12. The topological polar surface area (TPSA) is 18.5 Å². The first-order valence-corrected chi connectivity index (χ1v) is 6.66. The van der Waals surface area contributed by atoms with E-state index in [-0.39, 0.29) is 0 Å². The first kappa shape index (κ1) is 13.9. The molecule has 0 spiro atoms. The van der Waals surface area contributed by atoms with E-state index in [1.54, 1.807) is 0 Å². The average Bonchev–Trinajstić information content (AvgIpc) is 2.42. The predicted octanol–water partition coefficient (Wildman–Crippen LogP) is 1.26. The molecule has 0 bridgehead atoms. The van der Waals surface area contributed by atoms with Gasteiger partial charge in [0.15, 0.2) is 0 Å². The Morgan fingerprint density at radius 2 is 2.00 bits per heavy atom. The Morgan fingerprint density at radius 1 is 1.31 bits per heavy atom. The minimum Gasteiger partial charge on any atom is -0.315 e. The number of hydrogen-bond donors (Lipinski definition) is 1. The first-order chi connectivity index (χ1) is 7.60. The Bertz CT molecular complexity index is 196. The summed E-state index contributed by atoms with van der Waals surface area (Å²) in [6.07, 6.45) is 2.54. The quantitative estimate of drug-likeness (QED) is 0.780. The van der Waals surface area contributed by atoms with Gasteiger partial charge in [0, 0.05) is 18.6 Å². The zero-order valence-corrected chi connectivity index (χ0v) is 11.7. The molecule has 3 unspecified atom stereocenters. The lowest BCUT2D eigenvalue weighted by Crippen LogP contribution is -2.54. The molecule has 1 rings (SSSR count). The van der Waals surface area contributed by atoms with Crippen molar-refractivity contribution < 1.29 is 0 Å². The van der Waals surface area contributed by atoms with Crippen molar-refractivity contribution in [2.24, 2.45) is 5.92 Å². The van der Waals surface area contributed by atoms with Crippen LogP contribution in [0.15, 0.2) is 0 Å². The van der Waals surface area contributed by atoms with Crippen molar-refractivity contribution in [1.29, 1.82) is 0 Å². The van der Waals surface area contributed by atoms with Gasteiger partial charge in [0.05, 0.1) is 0 Å². The van der Waals surface area contributed by atoms with Crippen LogP contribution >= 0.6 is 0 Å². The Morgan fingerprint density at radius 3 is 2.56 bits per heavy atom. The molecule has 0 aromatic heterocycles. The molecule has 1 aliphatic rings. The van der Waals surface area contributed by atoms with Crippen molar-refractivity contribution in [3.63, 3.8) is 0 Å². The van der Waals surface area contributed by atoms with Crippen LogP contribution in [0.4, 0.5) is 0 Å². The molecule has 0 saturated carbocycles. The van der Waals surface area contributed by atoms with Crippen LogP contribution in [0.2, 0.25) is 0 Å². The van der Waals surface area contributed by atoms with Gasteiger partial charge < -0.3 is 15.1 Å². The van der Waals surface area contributed by atoms with Crippen LogP contribution in [0.3, 0.4) is 0 Å².